The molecule has 1 saturated carbocycles. The topological polar surface area (TPSA) is 46.5 Å². The molecular weight excluding hydrogens is 192 g/mol. The predicted octanol–water partition coefficient (Wildman–Crippen LogP) is 1.99. The van der Waals surface area contributed by atoms with E-state index in [2.05, 4.69) is 0 Å². The molecule has 0 saturated heterocycles. The monoisotopic (exact) mass is 206 g/mol. The number of aromatic hydroxyl groups is 1. The Morgan fingerprint density at radius 1 is 1.40 bits per heavy atom. The van der Waals surface area contributed by atoms with Gasteiger partial charge in [0.25, 0.3) is 0 Å². The molecule has 0 bridgehead atoms. The van der Waals surface area contributed by atoms with Crippen molar-refractivity contribution in [1.82, 2.24) is 0 Å². The standard InChI is InChI=1S/C12H14O3/c1-2-15-11(14)12(7-8-12)9-3-5-10(13)6-4-9/h3-6,13H,2,7-8H2,1H3. The van der Waals surface area contributed by atoms with E-state index in [4.69, 9.17) is 9.84 Å². The summed E-state index contributed by atoms with van der Waals surface area (Å²) in [5.41, 5.74) is 0.516. The van der Waals surface area contributed by atoms with Crippen LogP contribution in [0.1, 0.15) is 25.3 Å². The lowest BCUT2D eigenvalue weighted by Gasteiger charge is -2.13. The molecule has 1 aliphatic carbocycles. The van der Waals surface area contributed by atoms with E-state index in [1.807, 2.05) is 6.92 Å². The summed E-state index contributed by atoms with van der Waals surface area (Å²) >= 11 is 0. The Hall–Kier alpha value is -1.51. The van der Waals surface area contributed by atoms with Crippen LogP contribution < -0.4 is 0 Å². The van der Waals surface area contributed by atoms with Crippen molar-refractivity contribution in [3.8, 4) is 5.75 Å². The minimum atomic E-state index is -0.427. The highest BCUT2D eigenvalue weighted by Crippen LogP contribution is 2.49. The van der Waals surface area contributed by atoms with Crippen LogP contribution in [0.15, 0.2) is 24.3 Å². The van der Waals surface area contributed by atoms with Crippen LogP contribution in [0.5, 0.6) is 5.75 Å². The van der Waals surface area contributed by atoms with Crippen LogP contribution in [0.25, 0.3) is 0 Å². The number of rotatable bonds is 3. The molecule has 0 unspecified atom stereocenters. The number of ether oxygens (including phenoxy) is 1. The summed E-state index contributed by atoms with van der Waals surface area (Å²) < 4.78 is 5.05. The third kappa shape index (κ3) is 1.69. The highest BCUT2D eigenvalue weighted by Gasteiger charge is 2.52. The van der Waals surface area contributed by atoms with Gasteiger partial charge < -0.3 is 9.84 Å². The average molecular weight is 206 g/mol. The zero-order chi connectivity index (χ0) is 10.9. The predicted molar refractivity (Wildman–Crippen MR) is 55.7 cm³/mol. The van der Waals surface area contributed by atoms with Crippen LogP contribution in [0.3, 0.4) is 0 Å². The molecule has 0 aromatic heterocycles. The van der Waals surface area contributed by atoms with Crippen LogP contribution in [0.4, 0.5) is 0 Å². The first-order valence-electron chi connectivity index (χ1n) is 5.16. The molecule has 0 atom stereocenters. The summed E-state index contributed by atoms with van der Waals surface area (Å²) in [5, 5.41) is 9.17. The Morgan fingerprint density at radius 3 is 2.47 bits per heavy atom. The molecule has 1 fully saturated rings. The number of phenols is 1. The zero-order valence-electron chi connectivity index (χ0n) is 8.69. The normalized spacial score (nSPS) is 17.1. The number of carbonyl (C=O) groups excluding carboxylic acids is 1. The summed E-state index contributed by atoms with van der Waals surface area (Å²) in [7, 11) is 0. The van der Waals surface area contributed by atoms with Gasteiger partial charge in [0.05, 0.1) is 12.0 Å². The number of carbonyl (C=O) groups is 1. The molecular formula is C12H14O3. The fourth-order valence-corrected chi connectivity index (χ4v) is 1.79. The molecule has 0 heterocycles. The minimum absolute atomic E-state index is 0.143. The molecule has 3 nitrogen and oxygen atoms in total. The van der Waals surface area contributed by atoms with Gasteiger partial charge in [0.1, 0.15) is 5.75 Å². The van der Waals surface area contributed by atoms with Crippen molar-refractivity contribution in [2.24, 2.45) is 0 Å². The first kappa shape index (κ1) is 10.0. The number of esters is 1. The Labute approximate surface area is 88.7 Å². The second-order valence-corrected chi connectivity index (χ2v) is 3.85. The molecule has 2 rings (SSSR count). The molecule has 1 aromatic rings. The van der Waals surface area contributed by atoms with Crippen molar-refractivity contribution < 1.29 is 14.6 Å². The molecule has 80 valence electrons. The number of benzene rings is 1. The number of hydrogen-bond acceptors (Lipinski definition) is 3. The molecule has 0 amide bonds. The van der Waals surface area contributed by atoms with E-state index >= 15 is 0 Å². The first-order chi connectivity index (χ1) is 7.19. The van der Waals surface area contributed by atoms with Gasteiger partial charge >= 0.3 is 5.97 Å². The van der Waals surface area contributed by atoms with Crippen molar-refractivity contribution in [2.75, 3.05) is 6.61 Å². The van der Waals surface area contributed by atoms with Crippen LogP contribution in [-0.4, -0.2) is 17.7 Å². The number of hydrogen-bond donors (Lipinski definition) is 1. The van der Waals surface area contributed by atoms with Crippen molar-refractivity contribution in [1.29, 1.82) is 0 Å². The van der Waals surface area contributed by atoms with E-state index in [-0.39, 0.29) is 11.7 Å². The summed E-state index contributed by atoms with van der Waals surface area (Å²) in [6, 6.07) is 6.79. The third-order valence-corrected chi connectivity index (χ3v) is 2.84. The first-order valence-corrected chi connectivity index (χ1v) is 5.16. The van der Waals surface area contributed by atoms with Gasteiger partial charge in [0.15, 0.2) is 0 Å². The SMILES string of the molecule is CCOC(=O)C1(c2ccc(O)cc2)CC1. The van der Waals surface area contributed by atoms with Gasteiger partial charge in [-0.1, -0.05) is 12.1 Å². The van der Waals surface area contributed by atoms with E-state index in [1.165, 1.54) is 0 Å². The lowest BCUT2D eigenvalue weighted by Crippen LogP contribution is -2.23. The quantitative estimate of drug-likeness (QED) is 0.769. The van der Waals surface area contributed by atoms with Crippen LogP contribution in [0, 0.1) is 0 Å². The Kier molecular flexibility index (Phi) is 2.39. The minimum Gasteiger partial charge on any atom is -0.508 e. The Morgan fingerprint density at radius 2 is 2.00 bits per heavy atom. The van der Waals surface area contributed by atoms with Crippen LogP contribution in [-0.2, 0) is 14.9 Å². The van der Waals surface area contributed by atoms with Gasteiger partial charge in [-0.25, -0.2) is 0 Å². The molecule has 0 radical (unpaired) electrons. The van der Waals surface area contributed by atoms with Gasteiger partial charge in [-0.05, 0) is 37.5 Å². The van der Waals surface area contributed by atoms with Gasteiger partial charge in [0, 0.05) is 0 Å². The molecule has 1 aliphatic rings. The van der Waals surface area contributed by atoms with Crippen molar-refractivity contribution in [3.05, 3.63) is 29.8 Å². The lowest BCUT2D eigenvalue weighted by molar-refractivity contribution is -0.146. The second-order valence-electron chi connectivity index (χ2n) is 3.85. The fraction of sp³-hybridized carbons (Fsp3) is 0.417. The van der Waals surface area contributed by atoms with E-state index in [0.29, 0.717) is 6.61 Å². The maximum Gasteiger partial charge on any atom is 0.316 e. The average Bonchev–Trinajstić information content (AvgIpc) is 3.00. The van der Waals surface area contributed by atoms with E-state index in [1.54, 1.807) is 24.3 Å². The van der Waals surface area contributed by atoms with E-state index < -0.39 is 5.41 Å². The van der Waals surface area contributed by atoms with E-state index in [9.17, 15) is 4.79 Å². The van der Waals surface area contributed by atoms with Crippen molar-refractivity contribution in [2.45, 2.75) is 25.2 Å². The molecule has 1 aromatic carbocycles. The van der Waals surface area contributed by atoms with Crippen LogP contribution in [0.2, 0.25) is 0 Å². The molecule has 3 heteroatoms. The highest BCUT2D eigenvalue weighted by molar-refractivity contribution is 5.86. The van der Waals surface area contributed by atoms with Crippen molar-refractivity contribution in [3.63, 3.8) is 0 Å². The smallest absolute Gasteiger partial charge is 0.316 e. The Bertz CT molecular complexity index is 363. The van der Waals surface area contributed by atoms with E-state index in [0.717, 1.165) is 18.4 Å². The highest BCUT2D eigenvalue weighted by atomic mass is 16.5. The maximum atomic E-state index is 11.7. The molecule has 0 aliphatic heterocycles. The summed E-state index contributed by atoms with van der Waals surface area (Å²) in [6.45, 7) is 2.23. The van der Waals surface area contributed by atoms with Gasteiger partial charge in [-0.2, -0.15) is 0 Å². The van der Waals surface area contributed by atoms with Gasteiger partial charge in [-0.15, -0.1) is 0 Å². The summed E-state index contributed by atoms with van der Waals surface area (Å²) in [4.78, 5) is 11.7. The molecule has 0 spiro atoms. The third-order valence-electron chi connectivity index (χ3n) is 2.84. The van der Waals surface area contributed by atoms with Gasteiger partial charge in [0.2, 0.25) is 0 Å². The summed E-state index contributed by atoms with van der Waals surface area (Å²) in [6.07, 6.45) is 1.69. The second kappa shape index (κ2) is 3.57. The van der Waals surface area contributed by atoms with Crippen LogP contribution >= 0.6 is 0 Å². The van der Waals surface area contributed by atoms with Gasteiger partial charge in [-0.3, -0.25) is 4.79 Å². The zero-order valence-corrected chi connectivity index (χ0v) is 8.69. The fourth-order valence-electron chi connectivity index (χ4n) is 1.79. The number of phenolic OH excluding ortho intramolecular Hbond substituents is 1. The molecule has 1 N–H and O–H groups in total. The Balaban J connectivity index is 2.22. The largest absolute Gasteiger partial charge is 0.508 e. The lowest BCUT2D eigenvalue weighted by atomic mass is 9.96. The molecule has 15 heavy (non-hydrogen) atoms. The summed E-state index contributed by atoms with van der Waals surface area (Å²) in [5.74, 6) is 0.0779. The van der Waals surface area contributed by atoms with Crippen molar-refractivity contribution >= 4 is 5.97 Å². The maximum absolute atomic E-state index is 11.7.